The zero-order chi connectivity index (χ0) is 12.1. The van der Waals surface area contributed by atoms with Crippen molar-refractivity contribution in [3.63, 3.8) is 0 Å². The summed E-state index contributed by atoms with van der Waals surface area (Å²) in [5, 5.41) is 0.181. The molecule has 3 heteroatoms. The molecule has 1 rings (SSSR count). The molecular formula is C13H21NOS. The van der Waals surface area contributed by atoms with E-state index < -0.39 is 10.8 Å². The van der Waals surface area contributed by atoms with Gasteiger partial charge in [-0.3, -0.25) is 4.21 Å². The Kier molecular flexibility index (Phi) is 5.16. The maximum absolute atomic E-state index is 11.7. The molecule has 0 aliphatic carbocycles. The van der Waals surface area contributed by atoms with E-state index in [2.05, 4.69) is 19.1 Å². The Bertz CT molecular complexity index is 345. The maximum atomic E-state index is 11.7. The summed E-state index contributed by atoms with van der Waals surface area (Å²) >= 11 is 0. The van der Waals surface area contributed by atoms with Crippen molar-refractivity contribution in [1.82, 2.24) is 0 Å². The van der Waals surface area contributed by atoms with Gasteiger partial charge in [-0.1, -0.05) is 45.0 Å². The molecule has 2 N–H and O–H groups in total. The monoisotopic (exact) mass is 239 g/mol. The normalized spacial score (nSPS) is 15.1. The molecule has 0 aliphatic heterocycles. The number of hydrogen-bond donors (Lipinski definition) is 1. The smallest absolute Gasteiger partial charge is 0.0431 e. The minimum atomic E-state index is -0.834. The standard InChI is InChI=1S/C13H21NOS/c1-4-11-5-7-12(8-6-11)13(14)9-16(15)10(2)3/h5-8,10,13H,4,9,14H2,1-3H3. The first kappa shape index (κ1) is 13.4. The van der Waals surface area contributed by atoms with Gasteiger partial charge in [-0.2, -0.15) is 0 Å². The molecule has 16 heavy (non-hydrogen) atoms. The Labute approximate surface area is 101 Å². The number of nitrogens with two attached hydrogens (primary N) is 1. The van der Waals surface area contributed by atoms with Gasteiger partial charge in [0.1, 0.15) is 0 Å². The van der Waals surface area contributed by atoms with Gasteiger partial charge in [-0.05, 0) is 17.5 Å². The Morgan fingerprint density at radius 3 is 2.25 bits per heavy atom. The lowest BCUT2D eigenvalue weighted by Crippen LogP contribution is -2.22. The van der Waals surface area contributed by atoms with E-state index in [1.807, 2.05) is 26.0 Å². The van der Waals surface area contributed by atoms with Gasteiger partial charge in [0.25, 0.3) is 0 Å². The zero-order valence-corrected chi connectivity index (χ0v) is 11.1. The van der Waals surface area contributed by atoms with Crippen LogP contribution in [0.4, 0.5) is 0 Å². The van der Waals surface area contributed by atoms with Crippen LogP contribution in [0.15, 0.2) is 24.3 Å². The first-order valence-corrected chi connectivity index (χ1v) is 7.14. The molecule has 2 atom stereocenters. The van der Waals surface area contributed by atoms with Crippen LogP contribution in [0.3, 0.4) is 0 Å². The van der Waals surface area contributed by atoms with Crippen molar-refractivity contribution in [1.29, 1.82) is 0 Å². The lowest BCUT2D eigenvalue weighted by molar-refractivity contribution is 0.668. The van der Waals surface area contributed by atoms with Crippen LogP contribution in [0, 0.1) is 0 Å². The van der Waals surface area contributed by atoms with Gasteiger partial charge in [-0.25, -0.2) is 0 Å². The van der Waals surface area contributed by atoms with Crippen molar-refractivity contribution in [2.45, 2.75) is 38.5 Å². The predicted molar refractivity (Wildman–Crippen MR) is 70.9 cm³/mol. The summed E-state index contributed by atoms with van der Waals surface area (Å²) < 4.78 is 11.7. The molecule has 0 radical (unpaired) electrons. The highest BCUT2D eigenvalue weighted by molar-refractivity contribution is 7.85. The molecule has 0 heterocycles. The van der Waals surface area contributed by atoms with Crippen LogP contribution >= 0.6 is 0 Å². The van der Waals surface area contributed by atoms with Crippen LogP contribution in [-0.2, 0) is 17.2 Å². The molecule has 0 aliphatic rings. The molecule has 0 bridgehead atoms. The summed E-state index contributed by atoms with van der Waals surface area (Å²) in [4.78, 5) is 0. The van der Waals surface area contributed by atoms with E-state index in [0.717, 1.165) is 12.0 Å². The predicted octanol–water partition coefficient (Wildman–Crippen LogP) is 2.41. The second-order valence-electron chi connectivity index (χ2n) is 4.30. The average Bonchev–Trinajstić information content (AvgIpc) is 2.28. The van der Waals surface area contributed by atoms with Gasteiger partial charge < -0.3 is 5.73 Å². The molecule has 0 saturated heterocycles. The second-order valence-corrected chi connectivity index (χ2v) is 6.34. The van der Waals surface area contributed by atoms with E-state index in [9.17, 15) is 4.21 Å². The zero-order valence-electron chi connectivity index (χ0n) is 10.3. The molecule has 90 valence electrons. The van der Waals surface area contributed by atoms with Gasteiger partial charge in [0, 0.05) is 27.8 Å². The first-order chi connectivity index (χ1) is 7.54. The topological polar surface area (TPSA) is 43.1 Å². The summed E-state index contributed by atoms with van der Waals surface area (Å²) in [5.41, 5.74) is 8.41. The lowest BCUT2D eigenvalue weighted by Gasteiger charge is -2.13. The Balaban J connectivity index is 2.65. The molecule has 0 fully saturated rings. The summed E-state index contributed by atoms with van der Waals surface area (Å²) in [5.74, 6) is 0.545. The third-order valence-corrected chi connectivity index (χ3v) is 4.42. The molecule has 0 aromatic heterocycles. The maximum Gasteiger partial charge on any atom is 0.0431 e. The summed E-state index contributed by atoms with van der Waals surface area (Å²) in [6, 6.07) is 8.15. The van der Waals surface area contributed by atoms with Crippen LogP contribution < -0.4 is 5.73 Å². The lowest BCUT2D eigenvalue weighted by atomic mass is 10.1. The minimum absolute atomic E-state index is 0.117. The third kappa shape index (κ3) is 3.72. The molecular weight excluding hydrogens is 218 g/mol. The number of aryl methyl sites for hydroxylation is 1. The highest BCUT2D eigenvalue weighted by Gasteiger charge is 2.12. The quantitative estimate of drug-likeness (QED) is 0.857. The molecule has 0 spiro atoms. The van der Waals surface area contributed by atoms with Crippen molar-refractivity contribution in [3.8, 4) is 0 Å². The van der Waals surface area contributed by atoms with Gasteiger partial charge in [0.05, 0.1) is 0 Å². The SMILES string of the molecule is CCc1ccc(C(N)CS(=O)C(C)C)cc1. The van der Waals surface area contributed by atoms with Crippen molar-refractivity contribution < 1.29 is 4.21 Å². The molecule has 0 amide bonds. The van der Waals surface area contributed by atoms with Gasteiger partial charge in [-0.15, -0.1) is 0 Å². The third-order valence-electron chi connectivity index (χ3n) is 2.69. The molecule has 2 unspecified atom stereocenters. The number of hydrogen-bond acceptors (Lipinski definition) is 2. The Hall–Kier alpha value is -0.670. The van der Waals surface area contributed by atoms with E-state index in [0.29, 0.717) is 5.75 Å². The van der Waals surface area contributed by atoms with E-state index in [1.165, 1.54) is 5.56 Å². The van der Waals surface area contributed by atoms with Crippen molar-refractivity contribution in [3.05, 3.63) is 35.4 Å². The minimum Gasteiger partial charge on any atom is -0.323 e. The van der Waals surface area contributed by atoms with Crippen LogP contribution in [0.1, 0.15) is 37.9 Å². The second kappa shape index (κ2) is 6.16. The van der Waals surface area contributed by atoms with E-state index in [1.54, 1.807) is 0 Å². The average molecular weight is 239 g/mol. The number of rotatable bonds is 5. The van der Waals surface area contributed by atoms with E-state index in [4.69, 9.17) is 5.73 Å². The van der Waals surface area contributed by atoms with Crippen LogP contribution in [0.25, 0.3) is 0 Å². The van der Waals surface area contributed by atoms with Crippen molar-refractivity contribution >= 4 is 10.8 Å². The Morgan fingerprint density at radius 2 is 1.81 bits per heavy atom. The van der Waals surface area contributed by atoms with Crippen molar-refractivity contribution in [2.75, 3.05) is 5.75 Å². The summed E-state index contributed by atoms with van der Waals surface area (Å²) in [6.45, 7) is 6.05. The fraction of sp³-hybridized carbons (Fsp3) is 0.538. The molecule has 1 aromatic rings. The Morgan fingerprint density at radius 1 is 1.25 bits per heavy atom. The van der Waals surface area contributed by atoms with Gasteiger partial charge >= 0.3 is 0 Å². The van der Waals surface area contributed by atoms with E-state index >= 15 is 0 Å². The van der Waals surface area contributed by atoms with Crippen LogP contribution in [0.5, 0.6) is 0 Å². The summed E-state index contributed by atoms with van der Waals surface area (Å²) in [7, 11) is -0.834. The fourth-order valence-electron chi connectivity index (χ4n) is 1.47. The van der Waals surface area contributed by atoms with E-state index in [-0.39, 0.29) is 11.3 Å². The fourth-order valence-corrected chi connectivity index (χ4v) is 2.40. The molecule has 0 saturated carbocycles. The van der Waals surface area contributed by atoms with Crippen LogP contribution in [0.2, 0.25) is 0 Å². The largest absolute Gasteiger partial charge is 0.323 e. The first-order valence-electron chi connectivity index (χ1n) is 5.76. The number of benzene rings is 1. The van der Waals surface area contributed by atoms with Crippen LogP contribution in [-0.4, -0.2) is 15.2 Å². The highest BCUT2D eigenvalue weighted by atomic mass is 32.2. The highest BCUT2D eigenvalue weighted by Crippen LogP contribution is 2.14. The van der Waals surface area contributed by atoms with Gasteiger partial charge in [0.2, 0.25) is 0 Å². The summed E-state index contributed by atoms with van der Waals surface area (Å²) in [6.07, 6.45) is 1.04. The van der Waals surface area contributed by atoms with Gasteiger partial charge in [0.15, 0.2) is 0 Å². The van der Waals surface area contributed by atoms with Crippen molar-refractivity contribution in [2.24, 2.45) is 5.73 Å². The molecule has 1 aromatic carbocycles. The molecule has 2 nitrogen and oxygen atoms in total.